The fraction of sp³-hybridized carbons (Fsp3) is 0.316. The predicted octanol–water partition coefficient (Wildman–Crippen LogP) is 2.90. The number of carbonyl (C=O) groups is 1. The number of anilines is 1. The lowest BCUT2D eigenvalue weighted by Crippen LogP contribution is -2.42. The first kappa shape index (κ1) is 20.6. The Kier molecular flexibility index (Phi) is 5.92. The maximum Gasteiger partial charge on any atom is 0.264 e. The minimum absolute atomic E-state index is 0.0596. The highest BCUT2D eigenvalue weighted by molar-refractivity contribution is 7.92. The molecule has 0 bridgehead atoms. The molecule has 1 atom stereocenters. The number of sulfonamides is 1. The van der Waals surface area contributed by atoms with E-state index in [1.807, 2.05) is 0 Å². The second kappa shape index (κ2) is 8.06. The molecule has 2 aromatic rings. The maximum absolute atomic E-state index is 13.1. The fourth-order valence-electron chi connectivity index (χ4n) is 3.09. The average Bonchev–Trinajstić information content (AvgIpc) is 2.67. The Bertz CT molecular complexity index is 982. The number of piperidine rings is 1. The molecule has 0 radical (unpaired) electrons. The van der Waals surface area contributed by atoms with Crippen LogP contribution in [0.5, 0.6) is 0 Å². The van der Waals surface area contributed by atoms with E-state index in [1.165, 1.54) is 54.4 Å². The van der Waals surface area contributed by atoms with Gasteiger partial charge in [0.25, 0.3) is 15.9 Å². The maximum atomic E-state index is 13.1. The largest absolute Gasteiger partial charge is 0.391 e. The monoisotopic (exact) mass is 426 g/mol. The summed E-state index contributed by atoms with van der Waals surface area (Å²) in [5.74, 6) is -0.900. The van der Waals surface area contributed by atoms with Crippen molar-refractivity contribution < 1.29 is 22.7 Å². The molecule has 1 unspecified atom stereocenters. The van der Waals surface area contributed by atoms with Crippen LogP contribution < -0.4 is 4.31 Å². The standard InChI is InChI=1S/C19H20ClFN2O4S/c1-22(14-6-4-13(21)5-7-14)28(26,27)16-8-9-18(20)17(11-16)19(25)23-10-2-3-15(24)12-23/h4-9,11,15,24H,2-3,10,12H2,1H3. The number of β-amino-alcohol motifs (C(OH)–C–C–N with tert-alkyl or cyclic N) is 1. The van der Waals surface area contributed by atoms with Crippen LogP contribution >= 0.6 is 11.6 Å². The highest BCUT2D eigenvalue weighted by Gasteiger charge is 2.27. The zero-order chi connectivity index (χ0) is 20.5. The number of carbonyl (C=O) groups excluding carboxylic acids is 1. The number of halogens is 2. The Hall–Kier alpha value is -2.16. The van der Waals surface area contributed by atoms with Crippen LogP contribution in [0, 0.1) is 5.82 Å². The summed E-state index contributed by atoms with van der Waals surface area (Å²) in [6.45, 7) is 0.653. The highest BCUT2D eigenvalue weighted by atomic mass is 35.5. The van der Waals surface area contributed by atoms with Crippen molar-refractivity contribution in [1.82, 2.24) is 4.90 Å². The first-order chi connectivity index (χ1) is 13.2. The molecule has 2 aromatic carbocycles. The van der Waals surface area contributed by atoms with Crippen molar-refractivity contribution in [3.8, 4) is 0 Å². The van der Waals surface area contributed by atoms with Gasteiger partial charge in [0, 0.05) is 20.1 Å². The second-order valence-electron chi connectivity index (χ2n) is 6.64. The van der Waals surface area contributed by atoms with Crippen molar-refractivity contribution in [2.45, 2.75) is 23.8 Å². The first-order valence-electron chi connectivity index (χ1n) is 8.71. The molecule has 0 saturated carbocycles. The summed E-state index contributed by atoms with van der Waals surface area (Å²) in [5, 5.41) is 9.92. The third-order valence-corrected chi connectivity index (χ3v) is 6.81. The zero-order valence-electron chi connectivity index (χ0n) is 15.2. The van der Waals surface area contributed by atoms with Crippen LogP contribution in [0.25, 0.3) is 0 Å². The van der Waals surface area contributed by atoms with Gasteiger partial charge in [0.05, 0.1) is 27.3 Å². The van der Waals surface area contributed by atoms with Gasteiger partial charge in [-0.2, -0.15) is 0 Å². The molecule has 0 aliphatic carbocycles. The Balaban J connectivity index is 1.93. The summed E-state index contributed by atoms with van der Waals surface area (Å²) >= 11 is 6.15. The Labute approximate surface area is 168 Å². The molecule has 1 heterocycles. The quantitative estimate of drug-likeness (QED) is 0.815. The van der Waals surface area contributed by atoms with E-state index in [0.717, 1.165) is 4.31 Å². The van der Waals surface area contributed by atoms with Gasteiger partial charge in [0.2, 0.25) is 0 Å². The van der Waals surface area contributed by atoms with Crippen LogP contribution in [0.3, 0.4) is 0 Å². The lowest BCUT2D eigenvalue weighted by Gasteiger charge is -2.30. The number of amides is 1. The van der Waals surface area contributed by atoms with E-state index < -0.39 is 27.9 Å². The number of hydrogen-bond donors (Lipinski definition) is 1. The van der Waals surface area contributed by atoms with Crippen LogP contribution in [0.1, 0.15) is 23.2 Å². The lowest BCUT2D eigenvalue weighted by molar-refractivity contribution is 0.0473. The van der Waals surface area contributed by atoms with Crippen molar-refractivity contribution in [2.24, 2.45) is 0 Å². The minimum Gasteiger partial charge on any atom is -0.391 e. The van der Waals surface area contributed by atoms with E-state index in [4.69, 9.17) is 11.6 Å². The van der Waals surface area contributed by atoms with Gasteiger partial charge in [-0.1, -0.05) is 11.6 Å². The third kappa shape index (κ3) is 4.14. The number of rotatable bonds is 4. The molecule has 1 saturated heterocycles. The van der Waals surface area contributed by atoms with E-state index >= 15 is 0 Å². The smallest absolute Gasteiger partial charge is 0.264 e. The van der Waals surface area contributed by atoms with E-state index in [2.05, 4.69) is 0 Å². The summed E-state index contributed by atoms with van der Waals surface area (Å²) in [7, 11) is -2.64. The molecule has 1 fully saturated rings. The van der Waals surface area contributed by atoms with E-state index in [-0.39, 0.29) is 27.7 Å². The molecule has 28 heavy (non-hydrogen) atoms. The number of benzene rings is 2. The molecule has 3 rings (SSSR count). The van der Waals surface area contributed by atoms with Crippen molar-refractivity contribution >= 4 is 33.2 Å². The first-order valence-corrected chi connectivity index (χ1v) is 10.5. The van der Waals surface area contributed by atoms with Gasteiger partial charge < -0.3 is 10.0 Å². The minimum atomic E-state index is -3.99. The van der Waals surface area contributed by atoms with E-state index in [1.54, 1.807) is 0 Å². The van der Waals surface area contributed by atoms with Crippen LogP contribution in [-0.4, -0.2) is 50.6 Å². The normalized spacial score (nSPS) is 17.4. The molecule has 1 amide bonds. The van der Waals surface area contributed by atoms with Crippen molar-refractivity contribution in [1.29, 1.82) is 0 Å². The fourth-order valence-corrected chi connectivity index (χ4v) is 4.51. The molecule has 150 valence electrons. The highest BCUT2D eigenvalue weighted by Crippen LogP contribution is 2.27. The number of hydrogen-bond acceptors (Lipinski definition) is 4. The Morgan fingerprint density at radius 1 is 1.25 bits per heavy atom. The van der Waals surface area contributed by atoms with Crippen LogP contribution in [-0.2, 0) is 10.0 Å². The van der Waals surface area contributed by atoms with Crippen molar-refractivity contribution in [2.75, 3.05) is 24.4 Å². The predicted molar refractivity (Wildman–Crippen MR) is 105 cm³/mol. The van der Waals surface area contributed by atoms with Gasteiger partial charge >= 0.3 is 0 Å². The second-order valence-corrected chi connectivity index (χ2v) is 9.01. The van der Waals surface area contributed by atoms with Crippen LogP contribution in [0.15, 0.2) is 47.4 Å². The van der Waals surface area contributed by atoms with Gasteiger partial charge in [0.1, 0.15) is 5.82 Å². The SMILES string of the molecule is CN(c1ccc(F)cc1)S(=O)(=O)c1ccc(Cl)c(C(=O)N2CCCC(O)C2)c1. The molecule has 0 aromatic heterocycles. The molecule has 0 spiro atoms. The van der Waals surface area contributed by atoms with Crippen molar-refractivity contribution in [3.05, 3.63) is 58.9 Å². The van der Waals surface area contributed by atoms with Crippen molar-refractivity contribution in [3.63, 3.8) is 0 Å². The molecule has 6 nitrogen and oxygen atoms in total. The van der Waals surface area contributed by atoms with Crippen LogP contribution in [0.4, 0.5) is 10.1 Å². The molecule has 1 aliphatic rings. The van der Waals surface area contributed by atoms with Gasteiger partial charge in [-0.05, 0) is 55.3 Å². The summed E-state index contributed by atoms with van der Waals surface area (Å²) in [5.41, 5.74) is 0.340. The zero-order valence-corrected chi connectivity index (χ0v) is 16.8. The van der Waals surface area contributed by atoms with Gasteiger partial charge in [-0.3, -0.25) is 9.10 Å². The Morgan fingerprint density at radius 2 is 1.93 bits per heavy atom. The lowest BCUT2D eigenvalue weighted by atomic mass is 10.1. The topological polar surface area (TPSA) is 77.9 Å². The number of aliphatic hydroxyl groups excluding tert-OH is 1. The van der Waals surface area contributed by atoms with Crippen LogP contribution in [0.2, 0.25) is 5.02 Å². The van der Waals surface area contributed by atoms with Gasteiger partial charge in [0.15, 0.2) is 0 Å². The number of nitrogens with zero attached hydrogens (tertiary/aromatic N) is 2. The van der Waals surface area contributed by atoms with E-state index in [9.17, 15) is 22.7 Å². The molecule has 1 aliphatic heterocycles. The summed E-state index contributed by atoms with van der Waals surface area (Å²) in [6, 6.07) is 8.95. The van der Waals surface area contributed by atoms with Gasteiger partial charge in [-0.15, -0.1) is 0 Å². The molecule has 9 heteroatoms. The van der Waals surface area contributed by atoms with Gasteiger partial charge in [-0.25, -0.2) is 12.8 Å². The van der Waals surface area contributed by atoms with E-state index in [0.29, 0.717) is 19.4 Å². The summed E-state index contributed by atoms with van der Waals surface area (Å²) in [6.07, 6.45) is 0.678. The number of aliphatic hydroxyl groups is 1. The number of likely N-dealkylation sites (tertiary alicyclic amines) is 1. The summed E-state index contributed by atoms with van der Waals surface area (Å²) in [4.78, 5) is 14.2. The summed E-state index contributed by atoms with van der Waals surface area (Å²) < 4.78 is 40.0. The molecular formula is C19H20ClFN2O4S. The molecule has 1 N–H and O–H groups in total. The third-order valence-electron chi connectivity index (χ3n) is 4.70. The Morgan fingerprint density at radius 3 is 2.57 bits per heavy atom. The average molecular weight is 427 g/mol. The molecular weight excluding hydrogens is 407 g/mol.